The molecule has 0 saturated carbocycles. The van der Waals surface area contributed by atoms with Gasteiger partial charge in [-0.25, -0.2) is 8.42 Å². The summed E-state index contributed by atoms with van der Waals surface area (Å²) in [6.07, 6.45) is 2.49. The quantitative estimate of drug-likeness (QED) is 0.430. The van der Waals surface area contributed by atoms with Crippen LogP contribution >= 0.6 is 0 Å². The van der Waals surface area contributed by atoms with Crippen molar-refractivity contribution in [2.45, 2.75) is 31.6 Å². The van der Waals surface area contributed by atoms with Crippen LogP contribution in [0, 0.1) is 5.92 Å². The number of anilines is 2. The molecule has 9 nitrogen and oxygen atoms in total. The Balaban J connectivity index is 1.91. The monoisotopic (exact) mass is 517 g/mol. The standard InChI is InChI=1S/C24H27N3O6S2/c1-14(2)9-11-18-16-7-5-6-8-17(16)22(28)21(23(18)33-3)24-25-19-12-10-15(26-34(4,29)30)13-20(19)35(31,32)27-24/h5-8,10,12-14,26,28H,9,11H2,1-4H3,(H,25,27). The lowest BCUT2D eigenvalue weighted by Crippen LogP contribution is -2.24. The summed E-state index contributed by atoms with van der Waals surface area (Å²) in [4.78, 5) is -0.186. The first-order chi connectivity index (χ1) is 16.4. The summed E-state index contributed by atoms with van der Waals surface area (Å²) < 4.78 is 61.3. The summed E-state index contributed by atoms with van der Waals surface area (Å²) in [5.74, 6) is 0.545. The normalized spacial score (nSPS) is 14.8. The van der Waals surface area contributed by atoms with Gasteiger partial charge in [-0.2, -0.15) is 8.42 Å². The fourth-order valence-corrected chi connectivity index (χ4v) is 5.84. The highest BCUT2D eigenvalue weighted by atomic mass is 32.2. The zero-order valence-electron chi connectivity index (χ0n) is 19.8. The molecular weight excluding hydrogens is 490 g/mol. The van der Waals surface area contributed by atoms with Crippen molar-refractivity contribution in [2.24, 2.45) is 10.3 Å². The van der Waals surface area contributed by atoms with Gasteiger partial charge in [0.25, 0.3) is 10.0 Å². The molecule has 1 heterocycles. The number of aryl methyl sites for hydroxylation is 1. The molecule has 3 aromatic carbocycles. The van der Waals surface area contributed by atoms with Crippen LogP contribution in [0.15, 0.2) is 51.8 Å². The Kier molecular flexibility index (Phi) is 6.41. The van der Waals surface area contributed by atoms with Crippen LogP contribution in [0.25, 0.3) is 10.8 Å². The molecule has 0 amide bonds. The van der Waals surface area contributed by atoms with Crippen LogP contribution in [0.2, 0.25) is 0 Å². The number of sulfonamides is 2. The molecule has 3 aromatic rings. The minimum atomic E-state index is -4.23. The first-order valence-electron chi connectivity index (χ1n) is 11.0. The van der Waals surface area contributed by atoms with Crippen molar-refractivity contribution in [3.63, 3.8) is 0 Å². The van der Waals surface area contributed by atoms with Crippen LogP contribution in [0.1, 0.15) is 31.4 Å². The minimum Gasteiger partial charge on any atom is -0.506 e. The number of fused-ring (bicyclic) bond motifs is 2. The topological polar surface area (TPSA) is 134 Å². The molecule has 0 atom stereocenters. The lowest BCUT2D eigenvalue weighted by Gasteiger charge is -2.24. The van der Waals surface area contributed by atoms with Gasteiger partial charge < -0.3 is 15.2 Å². The smallest absolute Gasteiger partial charge is 0.286 e. The second-order valence-corrected chi connectivity index (χ2v) is 12.2. The number of nitrogens with zero attached hydrogens (tertiary/aromatic N) is 1. The number of phenolic OH excluding ortho intramolecular Hbond substituents is 1. The number of hydrogen-bond acceptors (Lipinski definition) is 7. The third-order valence-electron chi connectivity index (χ3n) is 5.69. The van der Waals surface area contributed by atoms with E-state index in [2.05, 4.69) is 28.3 Å². The lowest BCUT2D eigenvalue weighted by atomic mass is 9.92. The Morgan fingerprint density at radius 2 is 1.83 bits per heavy atom. The summed E-state index contributed by atoms with van der Waals surface area (Å²) in [5.41, 5.74) is 1.30. The Hall–Kier alpha value is -3.31. The zero-order chi connectivity index (χ0) is 25.5. The third-order valence-corrected chi connectivity index (χ3v) is 7.61. The van der Waals surface area contributed by atoms with E-state index in [0.717, 1.165) is 23.6 Å². The van der Waals surface area contributed by atoms with Gasteiger partial charge in [0.2, 0.25) is 10.0 Å². The van der Waals surface area contributed by atoms with E-state index >= 15 is 0 Å². The Morgan fingerprint density at radius 1 is 1.14 bits per heavy atom. The van der Waals surface area contributed by atoms with E-state index in [-0.39, 0.29) is 33.4 Å². The van der Waals surface area contributed by atoms with E-state index in [1.165, 1.54) is 25.3 Å². The van der Waals surface area contributed by atoms with E-state index < -0.39 is 20.0 Å². The van der Waals surface area contributed by atoms with Crippen LogP contribution in [-0.2, 0) is 26.5 Å². The average molecular weight is 518 g/mol. The van der Waals surface area contributed by atoms with Crippen molar-refractivity contribution in [1.29, 1.82) is 0 Å². The van der Waals surface area contributed by atoms with Gasteiger partial charge in [0.05, 0.1) is 19.1 Å². The molecule has 0 saturated heterocycles. The van der Waals surface area contributed by atoms with Gasteiger partial charge in [0, 0.05) is 16.6 Å². The molecule has 1 aliphatic rings. The van der Waals surface area contributed by atoms with Crippen LogP contribution < -0.4 is 14.8 Å². The maximum absolute atomic E-state index is 13.1. The van der Waals surface area contributed by atoms with Gasteiger partial charge in [-0.15, -0.1) is 4.40 Å². The maximum Gasteiger partial charge on any atom is 0.286 e. The third kappa shape index (κ3) is 4.92. The second kappa shape index (κ2) is 9.04. The maximum atomic E-state index is 13.1. The minimum absolute atomic E-state index is 0.0766. The fraction of sp³-hybridized carbons (Fsp3) is 0.292. The summed E-state index contributed by atoms with van der Waals surface area (Å²) in [5, 5.41) is 15.6. The van der Waals surface area contributed by atoms with E-state index in [9.17, 15) is 21.9 Å². The molecule has 1 aliphatic heterocycles. The average Bonchev–Trinajstić information content (AvgIpc) is 2.77. The van der Waals surface area contributed by atoms with Gasteiger partial charge in [0.15, 0.2) is 5.84 Å². The molecule has 0 aromatic heterocycles. The number of rotatable bonds is 7. The SMILES string of the molecule is COc1c(C2=NS(=O)(=O)c3cc(NS(C)(=O)=O)ccc3N2)c(O)c2ccccc2c1CCC(C)C. The van der Waals surface area contributed by atoms with Crippen molar-refractivity contribution in [1.82, 2.24) is 0 Å². The number of hydrogen-bond donors (Lipinski definition) is 3. The number of ether oxygens (including phenoxy) is 1. The van der Waals surface area contributed by atoms with Gasteiger partial charge in [-0.05, 0) is 42.3 Å². The predicted octanol–water partition coefficient (Wildman–Crippen LogP) is 4.08. The fourth-order valence-electron chi connectivity index (χ4n) is 4.14. The van der Waals surface area contributed by atoms with Gasteiger partial charge >= 0.3 is 0 Å². The van der Waals surface area contributed by atoms with Crippen LogP contribution in [0.5, 0.6) is 11.5 Å². The van der Waals surface area contributed by atoms with Crippen LogP contribution in [0.3, 0.4) is 0 Å². The van der Waals surface area contributed by atoms with Gasteiger partial charge in [-0.1, -0.05) is 38.1 Å². The molecule has 0 aliphatic carbocycles. The molecule has 186 valence electrons. The van der Waals surface area contributed by atoms with E-state index in [0.29, 0.717) is 23.5 Å². The number of phenols is 1. The Morgan fingerprint density at radius 3 is 2.46 bits per heavy atom. The molecule has 0 radical (unpaired) electrons. The Bertz CT molecular complexity index is 1560. The summed E-state index contributed by atoms with van der Waals surface area (Å²) in [6, 6.07) is 11.4. The second-order valence-electron chi connectivity index (χ2n) is 8.84. The van der Waals surface area contributed by atoms with Gasteiger partial charge in [-0.3, -0.25) is 4.72 Å². The molecule has 0 unspecified atom stereocenters. The lowest BCUT2D eigenvalue weighted by molar-refractivity contribution is 0.401. The highest BCUT2D eigenvalue weighted by Crippen LogP contribution is 2.43. The summed E-state index contributed by atoms with van der Waals surface area (Å²) >= 11 is 0. The molecule has 35 heavy (non-hydrogen) atoms. The molecule has 4 rings (SSSR count). The first-order valence-corrected chi connectivity index (χ1v) is 14.3. The van der Waals surface area contributed by atoms with E-state index in [1.54, 1.807) is 12.1 Å². The molecule has 11 heteroatoms. The Labute approximate surface area is 205 Å². The molecule has 0 fully saturated rings. The molecular formula is C24H27N3O6S2. The van der Waals surface area contributed by atoms with E-state index in [1.807, 2.05) is 12.1 Å². The molecule has 3 N–H and O–H groups in total. The van der Waals surface area contributed by atoms with Crippen LogP contribution in [-0.4, -0.2) is 41.1 Å². The summed E-state index contributed by atoms with van der Waals surface area (Å²) in [6.45, 7) is 4.22. The van der Waals surface area contributed by atoms with Crippen molar-refractivity contribution in [3.05, 3.63) is 53.6 Å². The highest BCUT2D eigenvalue weighted by Gasteiger charge is 2.31. The summed E-state index contributed by atoms with van der Waals surface area (Å²) in [7, 11) is -6.35. The number of benzene rings is 3. The number of nitrogens with one attached hydrogen (secondary N) is 2. The van der Waals surface area contributed by atoms with Gasteiger partial charge in [0.1, 0.15) is 22.0 Å². The highest BCUT2D eigenvalue weighted by molar-refractivity contribution is 7.92. The van der Waals surface area contributed by atoms with Crippen molar-refractivity contribution >= 4 is 48.0 Å². The largest absolute Gasteiger partial charge is 0.506 e. The number of aromatic hydroxyl groups is 1. The van der Waals surface area contributed by atoms with Crippen LogP contribution in [0.4, 0.5) is 11.4 Å². The van der Waals surface area contributed by atoms with Crippen molar-refractivity contribution in [2.75, 3.05) is 23.4 Å². The van der Waals surface area contributed by atoms with Crippen molar-refractivity contribution in [3.8, 4) is 11.5 Å². The number of methoxy groups -OCH3 is 1. The van der Waals surface area contributed by atoms with E-state index in [4.69, 9.17) is 4.74 Å². The molecule has 0 bridgehead atoms. The van der Waals surface area contributed by atoms with Crippen molar-refractivity contribution < 1.29 is 26.7 Å². The predicted molar refractivity (Wildman–Crippen MR) is 138 cm³/mol. The first kappa shape index (κ1) is 24.8. The zero-order valence-corrected chi connectivity index (χ0v) is 21.4. The molecule has 0 spiro atoms. The number of amidine groups is 1.